The largest absolute Gasteiger partial charge is 0.429 e. The van der Waals surface area contributed by atoms with Gasteiger partial charge in [-0.15, -0.1) is 10.2 Å². The summed E-state index contributed by atoms with van der Waals surface area (Å²) in [6, 6.07) is 12.7. The molecule has 0 amide bonds. The van der Waals surface area contributed by atoms with Gasteiger partial charge in [-0.05, 0) is 91.6 Å². The van der Waals surface area contributed by atoms with Crippen molar-refractivity contribution in [3.63, 3.8) is 0 Å². The van der Waals surface area contributed by atoms with Gasteiger partial charge in [0, 0.05) is 19.3 Å². The standard InChI is InChI=1S/C7H5N3O2.C6H5N3.C3H6N4S.C3H5N3S.C3H4N2S.C2H5N5.2C2H4N4S.C2H4N4.C2H3N3S.C2H3N3/c11-4-12-5-1-2-6-7(3-5)9-10-8-6;1-2-4-6-5(3-1)7-9-8-6;1-8-3-5-2(4)6-7-3;1-6-2-4-5-3(6)7;6-3-4-1-2-5-3;3-1-5-2(4)7-6-1;3-6-1-4-5-2(6)7;3-1-4-2(7)6-5-1;3-2-4-1-5-6-2;6-2-3-1-4-5-2;1-3-2-5-4-1/h1-4H,(H,8,9,10);1-4H,(H,7,8,9);1H3,(H3,4,5,6,7);2H,1H3,(H,5,7);1H,2H2,(H,5,6);(H5,3,4,5,6,7);1H,3H2,(H,5,7);(H4,3,4,5,6,7);1H,(H3,3,4,5,6);1H,(H2,3,4,5,6);1-2H,(H,3,4,5). The average molecular weight is 1210 g/mol. The molecule has 0 atom stereocenters. The molecule has 2 aromatic carbocycles. The van der Waals surface area contributed by atoms with E-state index in [0.29, 0.717) is 64.9 Å². The number of para-hydroxylation sites is 2. The van der Waals surface area contributed by atoms with E-state index in [2.05, 4.69) is 206 Å². The first-order valence-corrected chi connectivity index (χ1v) is 24.3. The summed E-state index contributed by atoms with van der Waals surface area (Å²) in [5, 5.41) is 70.9. The van der Waals surface area contributed by atoms with Crippen LogP contribution in [-0.4, -0.2) is 182 Å². The summed E-state index contributed by atoms with van der Waals surface area (Å²) in [6.45, 7) is 1.18. The van der Waals surface area contributed by atoms with Crippen molar-refractivity contribution in [3.05, 3.63) is 99.5 Å². The number of aromatic amines is 12. The smallest absolute Gasteiger partial charge is 0.298 e. The van der Waals surface area contributed by atoms with Gasteiger partial charge in [0.05, 0.1) is 6.54 Å². The number of nitrogens with zero attached hydrogens (tertiary/aromatic N) is 19. The fourth-order valence-electron chi connectivity index (χ4n) is 4.12. The summed E-state index contributed by atoms with van der Waals surface area (Å²) in [5.74, 6) is 7.10. The maximum Gasteiger partial charge on any atom is 0.298 e. The van der Waals surface area contributed by atoms with Gasteiger partial charge in [-0.2, -0.15) is 66.2 Å². The van der Waals surface area contributed by atoms with E-state index in [-0.39, 0.29) is 11.9 Å². The molecule has 0 saturated carbocycles. The Morgan fingerprint density at radius 2 is 1.32 bits per heavy atom. The maximum absolute atomic E-state index is 9.98. The highest BCUT2D eigenvalue weighted by Crippen LogP contribution is 2.16. The number of carbonyl (C=O) groups is 1. The molecule has 0 spiro atoms. The molecule has 0 saturated heterocycles. The molecule has 80 heavy (non-hydrogen) atoms. The molecular formula is C34H48N38O2S6. The SMILES string of the molecule is CSc1n[nH]c(N)n1.Cn1cn[nH]c1=S.Nc1n[nH]c(N)n1.Nc1nc(=S)[nH][nH]1.Nc1ncn[nH]1.Nn1cn[nH]c1=S.O=COc1ccc2n[nH]nc2c1.S=C1N=CCN1.S=c1nc[nH][nH]1.c1ccc2n[nH]nc2c1.c1nc[nH]n1. The Bertz CT molecular complexity index is 3630. The molecule has 0 bridgehead atoms. The van der Waals surface area contributed by atoms with E-state index < -0.39 is 0 Å². The van der Waals surface area contributed by atoms with E-state index in [1.54, 1.807) is 35.3 Å². The van der Waals surface area contributed by atoms with Gasteiger partial charge in [0.15, 0.2) is 9.88 Å². The zero-order valence-corrected chi connectivity index (χ0v) is 46.0. The Hall–Kier alpha value is -10.6. The Morgan fingerprint density at radius 1 is 0.650 bits per heavy atom. The van der Waals surface area contributed by atoms with Crippen LogP contribution in [0.5, 0.6) is 5.75 Å². The lowest BCUT2D eigenvalue weighted by molar-refractivity contribution is -0.120. The van der Waals surface area contributed by atoms with E-state index in [4.69, 9.17) is 46.7 Å². The molecule has 46 heteroatoms. The van der Waals surface area contributed by atoms with Crippen LogP contribution in [0.25, 0.3) is 22.1 Å². The number of aryl methyl sites for hydroxylation is 1. The van der Waals surface area contributed by atoms with E-state index in [9.17, 15) is 4.79 Å². The summed E-state index contributed by atoms with van der Waals surface area (Å²) >= 11 is 24.5. The van der Waals surface area contributed by atoms with Crippen LogP contribution in [0.15, 0.2) is 90.6 Å². The summed E-state index contributed by atoms with van der Waals surface area (Å²) in [6.07, 6.45) is 12.5. The second-order valence-electron chi connectivity index (χ2n) is 13.0. The Labute approximate surface area is 476 Å². The van der Waals surface area contributed by atoms with Gasteiger partial charge in [0.1, 0.15) is 65.8 Å². The number of nitrogens with two attached hydrogens (primary N) is 6. The van der Waals surface area contributed by atoms with Gasteiger partial charge in [-0.1, -0.05) is 23.9 Å². The minimum atomic E-state index is 0.178. The third-order valence-corrected chi connectivity index (χ3v) is 9.31. The van der Waals surface area contributed by atoms with Crippen molar-refractivity contribution in [2.45, 2.75) is 5.16 Å². The van der Waals surface area contributed by atoms with Crippen molar-refractivity contribution < 1.29 is 9.53 Å². The highest BCUT2D eigenvalue weighted by atomic mass is 32.2. The number of aromatic nitrogens is 30. The molecular weight excluding hydrogens is 1170 g/mol. The molecule has 25 N–H and O–H groups in total. The minimum absolute atomic E-state index is 0.178. The van der Waals surface area contributed by atoms with Crippen LogP contribution in [0.2, 0.25) is 0 Å². The number of H-pyrrole nitrogens is 12. The zero-order chi connectivity index (χ0) is 58.3. The van der Waals surface area contributed by atoms with Crippen LogP contribution >= 0.6 is 72.9 Å². The molecule has 0 fully saturated rings. The Morgan fingerprint density at radius 3 is 1.61 bits per heavy atom. The van der Waals surface area contributed by atoms with Gasteiger partial charge < -0.3 is 49.1 Å². The molecule has 40 nitrogen and oxygen atoms in total. The number of hydrogen-bond donors (Lipinski definition) is 19. The monoisotopic (exact) mass is 1210 g/mol. The Kier molecular flexibility index (Phi) is 29.6. The average Bonchev–Trinajstić information content (AvgIpc) is 4.28. The van der Waals surface area contributed by atoms with Crippen molar-refractivity contribution in [3.8, 4) is 5.75 Å². The van der Waals surface area contributed by atoms with Crippen LogP contribution in [-0.2, 0) is 11.8 Å². The fourth-order valence-corrected chi connectivity index (χ4v) is 5.06. The van der Waals surface area contributed by atoms with Crippen LogP contribution in [0.1, 0.15) is 0 Å². The lowest BCUT2D eigenvalue weighted by Crippen LogP contribution is -2.12. The summed E-state index contributed by atoms with van der Waals surface area (Å²) in [4.78, 5) is 35.3. The highest BCUT2D eigenvalue weighted by Gasteiger charge is 1.99. The van der Waals surface area contributed by atoms with Crippen molar-refractivity contribution in [2.75, 3.05) is 47.3 Å². The molecule has 1 aliphatic heterocycles. The number of carbonyl (C=O) groups excluding carboxylic acids is 1. The maximum atomic E-state index is 9.98. The summed E-state index contributed by atoms with van der Waals surface area (Å²) < 4.78 is 9.55. The number of ether oxygens (including phenoxy) is 1. The molecule has 0 radical (unpaired) electrons. The number of anilines is 5. The first-order chi connectivity index (χ1) is 38.6. The van der Waals surface area contributed by atoms with Crippen molar-refractivity contribution in [1.29, 1.82) is 0 Å². The van der Waals surface area contributed by atoms with E-state index in [0.717, 1.165) is 23.1 Å². The van der Waals surface area contributed by atoms with Crippen molar-refractivity contribution in [2.24, 2.45) is 12.0 Å². The predicted octanol–water partition coefficient (Wildman–Crippen LogP) is 0.315. The van der Waals surface area contributed by atoms with Crippen LogP contribution in [0.4, 0.5) is 29.7 Å². The number of aliphatic imine (C=N–C) groups is 1. The molecule has 12 aromatic rings. The van der Waals surface area contributed by atoms with E-state index >= 15 is 0 Å². The topological polar surface area (TPSA) is 612 Å². The lowest BCUT2D eigenvalue weighted by Gasteiger charge is -1.94. The molecule has 13 rings (SSSR count). The van der Waals surface area contributed by atoms with Gasteiger partial charge in [-0.3, -0.25) is 40.5 Å². The van der Waals surface area contributed by atoms with Crippen molar-refractivity contribution in [1.82, 2.24) is 157 Å². The van der Waals surface area contributed by atoms with Gasteiger partial charge in [0.25, 0.3) is 6.47 Å². The van der Waals surface area contributed by atoms with Crippen LogP contribution < -0.4 is 44.6 Å². The summed E-state index contributed by atoms with van der Waals surface area (Å²) in [5.41, 5.74) is 28.7. The minimum Gasteiger partial charge on any atom is -0.429 e. The van der Waals surface area contributed by atoms with Crippen LogP contribution in [0.3, 0.4) is 0 Å². The lowest BCUT2D eigenvalue weighted by atomic mass is 10.3. The quantitative estimate of drug-likeness (QED) is 0.0490. The number of benzene rings is 2. The second kappa shape index (κ2) is 37.2. The Balaban J connectivity index is 0.000000233. The number of nitrogens with one attached hydrogen (secondary N) is 13. The summed E-state index contributed by atoms with van der Waals surface area (Å²) in [7, 11) is 1.84. The third kappa shape index (κ3) is 27.8. The molecule has 422 valence electrons. The number of fused-ring (bicyclic) bond motifs is 2. The zero-order valence-electron chi connectivity index (χ0n) is 41.1. The number of hydrogen-bond acceptors (Lipinski definition) is 30. The number of rotatable bonds is 3. The molecule has 11 heterocycles. The number of thioether (sulfide) groups is 1. The van der Waals surface area contributed by atoms with Crippen molar-refractivity contribution >= 4 is 142 Å². The first kappa shape index (κ1) is 63.7. The van der Waals surface area contributed by atoms with E-state index in [1.165, 1.54) is 48.1 Å². The highest BCUT2D eigenvalue weighted by molar-refractivity contribution is 7.98. The number of thiocarbonyl (C=S) groups is 1. The molecule has 0 aliphatic carbocycles. The predicted molar refractivity (Wildman–Crippen MR) is 306 cm³/mol. The fraction of sp³-hybridized carbons (Fsp3) is 0.0882. The number of nitrogen functional groups attached to an aromatic ring is 6. The van der Waals surface area contributed by atoms with Gasteiger partial charge in [-0.25, -0.2) is 39.9 Å². The van der Waals surface area contributed by atoms with Crippen LogP contribution in [0, 0.1) is 19.1 Å². The van der Waals surface area contributed by atoms with Gasteiger partial charge in [0.2, 0.25) is 49.2 Å². The normalized spacial score (nSPS) is 10.0. The second-order valence-corrected chi connectivity index (χ2v) is 15.7. The molecule has 10 aromatic heterocycles. The van der Waals surface area contributed by atoms with E-state index in [1.807, 2.05) is 37.6 Å². The molecule has 0 unspecified atom stereocenters. The van der Waals surface area contributed by atoms with Gasteiger partial charge >= 0.3 is 0 Å². The first-order valence-electron chi connectivity index (χ1n) is 21.0. The third-order valence-electron chi connectivity index (χ3n) is 7.43. The molecule has 1 aliphatic rings.